The van der Waals surface area contributed by atoms with Gasteiger partial charge < -0.3 is 5.11 Å². The summed E-state index contributed by atoms with van der Waals surface area (Å²) < 4.78 is 0. The molecule has 4 aliphatic rings. The smallest absolute Gasteiger partial charge is 0.269 e. The third-order valence-electron chi connectivity index (χ3n) is 8.73. The van der Waals surface area contributed by atoms with Crippen molar-refractivity contribution in [2.75, 3.05) is 4.90 Å². The Hall–Kier alpha value is -4.66. The molecule has 9 heteroatoms. The van der Waals surface area contributed by atoms with Gasteiger partial charge in [0.05, 0.1) is 22.4 Å². The molecule has 0 unspecified atom stereocenters. The molecule has 1 N–H and O–H groups in total. The van der Waals surface area contributed by atoms with Gasteiger partial charge in [-0.3, -0.25) is 34.2 Å². The van der Waals surface area contributed by atoms with Crippen molar-refractivity contribution in [3.8, 4) is 5.75 Å². The molecule has 1 aliphatic heterocycles. The molecule has 2 amide bonds. The lowest BCUT2D eigenvalue weighted by atomic mass is 9.59. The molecule has 0 aromatic heterocycles. The van der Waals surface area contributed by atoms with Gasteiger partial charge in [-0.05, 0) is 74.4 Å². The van der Waals surface area contributed by atoms with Gasteiger partial charge in [0.15, 0.2) is 11.6 Å². The summed E-state index contributed by atoms with van der Waals surface area (Å²) >= 11 is 0. The summed E-state index contributed by atoms with van der Waals surface area (Å²) in [6.07, 6.45) is 3.75. The summed E-state index contributed by atoms with van der Waals surface area (Å²) in [4.78, 5) is 65.9. The Morgan fingerprint density at radius 3 is 2.23 bits per heavy atom. The lowest BCUT2D eigenvalue weighted by Crippen LogP contribution is -2.39. The number of imide groups is 1. The van der Waals surface area contributed by atoms with Crippen LogP contribution in [-0.2, 0) is 19.2 Å². The molecule has 1 fully saturated rings. The largest absolute Gasteiger partial charge is 0.507 e. The highest BCUT2D eigenvalue weighted by Crippen LogP contribution is 2.55. The standard InChI is InChI=1S/C31H26N2O7/c1-14-10-17(11-15(2)28(14)35)25-20-8-9-21-26(22(20)13-23-27(25)24(34)12-16(3)29(23)36)31(38)32(30(21)37)18-4-6-19(7-5-18)33(39)40/h4-8,10-12,21-22,25-26,35H,9,13H2,1-3H3/t21-,22+,25-,26-/m0/s1. The lowest BCUT2D eigenvalue weighted by molar-refractivity contribution is -0.384. The Bertz CT molecular complexity index is 1640. The molecule has 0 bridgehead atoms. The zero-order chi connectivity index (χ0) is 28.6. The molecule has 9 nitrogen and oxygen atoms in total. The summed E-state index contributed by atoms with van der Waals surface area (Å²) in [5.74, 6) is -3.60. The minimum absolute atomic E-state index is 0.151. The van der Waals surface area contributed by atoms with E-state index >= 15 is 0 Å². The Labute approximate surface area is 229 Å². The number of carbonyl (C=O) groups is 4. The van der Waals surface area contributed by atoms with E-state index in [4.69, 9.17) is 0 Å². The van der Waals surface area contributed by atoms with Crippen LogP contribution in [0.15, 0.2) is 70.8 Å². The van der Waals surface area contributed by atoms with Gasteiger partial charge in [-0.15, -0.1) is 0 Å². The Balaban J connectivity index is 1.47. The van der Waals surface area contributed by atoms with E-state index in [2.05, 4.69) is 0 Å². The maximum atomic E-state index is 13.9. The number of rotatable bonds is 3. The van der Waals surface area contributed by atoms with Gasteiger partial charge in [-0.1, -0.05) is 23.8 Å². The van der Waals surface area contributed by atoms with Crippen molar-refractivity contribution in [1.82, 2.24) is 0 Å². The van der Waals surface area contributed by atoms with E-state index in [0.717, 1.165) is 16.0 Å². The van der Waals surface area contributed by atoms with Gasteiger partial charge in [0, 0.05) is 34.8 Å². The van der Waals surface area contributed by atoms with Crippen LogP contribution < -0.4 is 4.90 Å². The van der Waals surface area contributed by atoms with E-state index in [1.807, 2.05) is 6.08 Å². The van der Waals surface area contributed by atoms with Gasteiger partial charge in [-0.25, -0.2) is 0 Å². The molecule has 0 spiro atoms. The maximum absolute atomic E-state index is 13.9. The highest BCUT2D eigenvalue weighted by Gasteiger charge is 2.56. The number of aryl methyl sites for hydroxylation is 2. The molecular formula is C31H26N2O7. The number of allylic oxidation sites excluding steroid dienone is 6. The molecule has 6 rings (SSSR count). The van der Waals surface area contributed by atoms with Crippen LogP contribution in [0, 0.1) is 41.7 Å². The number of fused-ring (bicyclic) bond motifs is 3. The molecule has 1 saturated heterocycles. The first-order chi connectivity index (χ1) is 19.0. The van der Waals surface area contributed by atoms with Crippen LogP contribution in [0.3, 0.4) is 0 Å². The zero-order valence-corrected chi connectivity index (χ0v) is 22.1. The number of Topliss-reactive ketones (excluding diaryl/α,β-unsaturated/α-hetero) is 1. The van der Waals surface area contributed by atoms with Gasteiger partial charge in [0.25, 0.3) is 5.69 Å². The average Bonchev–Trinajstić information content (AvgIpc) is 3.18. The highest BCUT2D eigenvalue weighted by molar-refractivity contribution is 6.25. The number of hydrogen-bond donors (Lipinski definition) is 1. The number of non-ortho nitro benzene ring substituents is 1. The van der Waals surface area contributed by atoms with Crippen molar-refractivity contribution in [2.45, 2.75) is 39.5 Å². The number of anilines is 1. The van der Waals surface area contributed by atoms with Crippen molar-refractivity contribution in [2.24, 2.45) is 17.8 Å². The second-order valence-electron chi connectivity index (χ2n) is 11.0. The minimum Gasteiger partial charge on any atom is -0.507 e. The average molecular weight is 539 g/mol. The number of benzene rings is 2. The Morgan fingerprint density at radius 1 is 0.950 bits per heavy atom. The van der Waals surface area contributed by atoms with Gasteiger partial charge in [-0.2, -0.15) is 0 Å². The number of hydrogen-bond acceptors (Lipinski definition) is 7. The number of ketones is 2. The van der Waals surface area contributed by atoms with E-state index < -0.39 is 34.5 Å². The SMILES string of the molecule is CC1=CC(=O)C2=C(C[C@@H]3C(=CC[C@@H]4C(=O)N(c5ccc([N+](=O)[O-])cc5)C(=O)[C@@H]43)[C@@H]2c2cc(C)c(O)c(C)c2)C1=O. The molecule has 0 saturated carbocycles. The summed E-state index contributed by atoms with van der Waals surface area (Å²) in [7, 11) is 0. The first kappa shape index (κ1) is 25.6. The minimum atomic E-state index is -0.743. The predicted molar refractivity (Wildman–Crippen MR) is 144 cm³/mol. The van der Waals surface area contributed by atoms with Crippen molar-refractivity contribution in [3.05, 3.63) is 97.6 Å². The molecule has 40 heavy (non-hydrogen) atoms. The molecule has 4 atom stereocenters. The zero-order valence-electron chi connectivity index (χ0n) is 22.1. The second-order valence-corrected chi connectivity index (χ2v) is 11.0. The van der Waals surface area contributed by atoms with E-state index in [1.54, 1.807) is 32.9 Å². The molecular weight excluding hydrogens is 512 g/mol. The monoisotopic (exact) mass is 538 g/mol. The number of nitrogens with zero attached hydrogens (tertiary/aromatic N) is 2. The first-order valence-electron chi connectivity index (χ1n) is 13.1. The number of nitro benzene ring substituents is 1. The fourth-order valence-electron chi connectivity index (χ4n) is 6.90. The van der Waals surface area contributed by atoms with Crippen LogP contribution >= 0.6 is 0 Å². The highest BCUT2D eigenvalue weighted by atomic mass is 16.6. The van der Waals surface area contributed by atoms with Crippen LogP contribution in [0.1, 0.15) is 42.4 Å². The molecule has 202 valence electrons. The number of carbonyl (C=O) groups excluding carboxylic acids is 4. The fraction of sp³-hybridized carbons (Fsp3) is 0.290. The number of nitro groups is 1. The lowest BCUT2D eigenvalue weighted by Gasteiger charge is -2.42. The van der Waals surface area contributed by atoms with E-state index in [0.29, 0.717) is 27.8 Å². The summed E-state index contributed by atoms with van der Waals surface area (Å²) in [6, 6.07) is 8.91. The molecule has 1 heterocycles. The normalized spacial score (nSPS) is 25.8. The molecule has 2 aromatic carbocycles. The number of phenolic OH excluding ortho intramolecular Hbond substituents is 1. The predicted octanol–water partition coefficient (Wildman–Crippen LogP) is 4.55. The van der Waals surface area contributed by atoms with Crippen molar-refractivity contribution < 1.29 is 29.2 Å². The third-order valence-corrected chi connectivity index (χ3v) is 8.73. The van der Waals surface area contributed by atoms with Crippen LogP contribution in [0.5, 0.6) is 5.75 Å². The summed E-state index contributed by atoms with van der Waals surface area (Å²) in [5.41, 5.74) is 4.04. The van der Waals surface area contributed by atoms with Crippen molar-refractivity contribution in [3.63, 3.8) is 0 Å². The number of amides is 2. The van der Waals surface area contributed by atoms with E-state index in [-0.39, 0.29) is 47.4 Å². The molecule has 0 radical (unpaired) electrons. The van der Waals surface area contributed by atoms with Crippen molar-refractivity contribution in [1.29, 1.82) is 0 Å². The van der Waals surface area contributed by atoms with Crippen molar-refractivity contribution >= 4 is 34.8 Å². The number of phenols is 1. The Kier molecular flexibility index (Phi) is 5.72. The third kappa shape index (κ3) is 3.61. The van der Waals surface area contributed by atoms with E-state index in [9.17, 15) is 34.4 Å². The van der Waals surface area contributed by atoms with Gasteiger partial charge in [0.2, 0.25) is 11.8 Å². The maximum Gasteiger partial charge on any atom is 0.269 e. The fourth-order valence-corrected chi connectivity index (χ4v) is 6.90. The number of aromatic hydroxyl groups is 1. The first-order valence-corrected chi connectivity index (χ1v) is 13.1. The topological polar surface area (TPSA) is 135 Å². The molecule has 2 aromatic rings. The Morgan fingerprint density at radius 2 is 1.60 bits per heavy atom. The summed E-state index contributed by atoms with van der Waals surface area (Å²) in [6.45, 7) is 5.14. The quantitative estimate of drug-likeness (QED) is 0.199. The second kappa shape index (κ2) is 8.94. The van der Waals surface area contributed by atoms with Crippen LogP contribution in [-0.4, -0.2) is 33.4 Å². The van der Waals surface area contributed by atoms with Gasteiger partial charge >= 0.3 is 0 Å². The van der Waals surface area contributed by atoms with Gasteiger partial charge in [0.1, 0.15) is 5.75 Å². The molecule has 3 aliphatic carbocycles. The van der Waals surface area contributed by atoms with Crippen LogP contribution in [0.4, 0.5) is 11.4 Å². The van der Waals surface area contributed by atoms with Crippen LogP contribution in [0.2, 0.25) is 0 Å². The van der Waals surface area contributed by atoms with Crippen LogP contribution in [0.25, 0.3) is 0 Å². The summed E-state index contributed by atoms with van der Waals surface area (Å²) in [5, 5.41) is 21.5. The van der Waals surface area contributed by atoms with E-state index in [1.165, 1.54) is 30.3 Å².